The summed E-state index contributed by atoms with van der Waals surface area (Å²) in [5.74, 6) is 0. The number of rotatable bonds is 3. The Hall–Kier alpha value is -4.11. The maximum Gasteiger partial charge on any atom is 0.0560 e. The molecule has 3 nitrogen and oxygen atoms in total. The topological polar surface area (TPSA) is 33.7 Å². The highest BCUT2D eigenvalue weighted by molar-refractivity contribution is 6.09. The van der Waals surface area contributed by atoms with Crippen molar-refractivity contribution in [2.75, 3.05) is 0 Å². The minimum Gasteiger partial charge on any atom is -0.344 e. The van der Waals surface area contributed by atoms with Crippen LogP contribution in [0.3, 0.4) is 0 Å². The van der Waals surface area contributed by atoms with E-state index in [1.54, 1.807) is 6.08 Å². The van der Waals surface area contributed by atoms with Crippen molar-refractivity contribution < 1.29 is 0 Å². The van der Waals surface area contributed by atoms with Crippen molar-refractivity contribution in [2.45, 2.75) is 12.5 Å². The van der Waals surface area contributed by atoms with Gasteiger partial charge in [0.05, 0.1) is 6.04 Å². The second kappa shape index (κ2) is 7.49. The van der Waals surface area contributed by atoms with Crippen molar-refractivity contribution in [3.05, 3.63) is 95.5 Å². The largest absolute Gasteiger partial charge is 0.344 e. The van der Waals surface area contributed by atoms with E-state index in [4.69, 9.17) is 5.41 Å². The lowest BCUT2D eigenvalue weighted by molar-refractivity contribution is 0.648. The number of hydrogen-bond acceptors (Lipinski definition) is 1. The number of nitrogens with zero attached hydrogens (tertiary/aromatic N) is 2. The first-order valence-corrected chi connectivity index (χ1v) is 11.3. The Kier molecular flexibility index (Phi) is 4.44. The third-order valence-electron chi connectivity index (χ3n) is 6.93. The van der Waals surface area contributed by atoms with Gasteiger partial charge in [0.15, 0.2) is 0 Å². The fourth-order valence-corrected chi connectivity index (χ4v) is 5.31. The average Bonchev–Trinajstić information content (AvgIpc) is 3.31. The van der Waals surface area contributed by atoms with Crippen LogP contribution < -0.4 is 10.6 Å². The molecule has 1 aliphatic carbocycles. The molecule has 1 N–H and O–H groups in total. The van der Waals surface area contributed by atoms with Crippen LogP contribution in [0.5, 0.6) is 0 Å². The van der Waals surface area contributed by atoms with Gasteiger partial charge < -0.3 is 14.5 Å². The van der Waals surface area contributed by atoms with Crippen LogP contribution in [0, 0.1) is 5.41 Å². The van der Waals surface area contributed by atoms with Crippen LogP contribution in [0.25, 0.3) is 56.5 Å². The molecule has 6 rings (SSSR count). The number of nitrogens with one attached hydrogen (secondary N) is 1. The fourth-order valence-electron chi connectivity index (χ4n) is 5.31. The Morgan fingerprint density at radius 3 is 2.36 bits per heavy atom. The molecule has 0 saturated carbocycles. The van der Waals surface area contributed by atoms with Gasteiger partial charge in [0.25, 0.3) is 0 Å². The van der Waals surface area contributed by atoms with Crippen molar-refractivity contribution >= 4 is 51.6 Å². The van der Waals surface area contributed by atoms with Gasteiger partial charge in [0, 0.05) is 56.5 Å². The van der Waals surface area contributed by atoms with E-state index in [1.807, 2.05) is 7.05 Å². The highest BCUT2D eigenvalue weighted by Gasteiger charge is 2.17. The Bertz CT molecular complexity index is 1740. The minimum absolute atomic E-state index is 0.334. The summed E-state index contributed by atoms with van der Waals surface area (Å²) in [5.41, 5.74) is 6.06. The fraction of sp³-hybridized carbons (Fsp3) is 0.100. The summed E-state index contributed by atoms with van der Waals surface area (Å²) in [7, 11) is 2.03. The van der Waals surface area contributed by atoms with Crippen LogP contribution in [0.4, 0.5) is 0 Å². The van der Waals surface area contributed by atoms with Gasteiger partial charge in [0.2, 0.25) is 0 Å². The van der Waals surface area contributed by atoms with Gasteiger partial charge in [-0.05, 0) is 54.0 Å². The average molecular weight is 428 g/mol. The summed E-state index contributed by atoms with van der Waals surface area (Å²) in [6.45, 7) is 4.30. The molecular weight excluding hydrogens is 402 g/mol. The van der Waals surface area contributed by atoms with Crippen LogP contribution in [-0.2, 0) is 7.05 Å². The summed E-state index contributed by atoms with van der Waals surface area (Å²) < 4.78 is 4.58. The maximum absolute atomic E-state index is 7.47. The first-order chi connectivity index (χ1) is 16.2. The minimum atomic E-state index is 0.334. The molecule has 1 unspecified atom stereocenters. The first-order valence-electron chi connectivity index (χ1n) is 11.3. The van der Waals surface area contributed by atoms with Crippen molar-refractivity contribution in [1.82, 2.24) is 9.13 Å². The number of aryl methyl sites for hydroxylation is 1. The molecule has 0 fully saturated rings. The number of benzene rings is 3. The molecule has 3 heteroatoms. The molecule has 2 aromatic heterocycles. The highest BCUT2D eigenvalue weighted by atomic mass is 15.0. The van der Waals surface area contributed by atoms with E-state index in [1.165, 1.54) is 39.1 Å². The molecule has 0 spiro atoms. The SMILES string of the molecule is C=c1/c(=C\C=N)n(C)c2ccc(-c3ccc4c(c3)c3ccccc3n4C3C=CC=CC3)cc12. The number of allylic oxidation sites excluding steroid dienone is 4. The van der Waals surface area contributed by atoms with Gasteiger partial charge in [-0.1, -0.05) is 61.2 Å². The molecule has 5 aromatic rings. The Morgan fingerprint density at radius 2 is 1.61 bits per heavy atom. The third kappa shape index (κ3) is 2.93. The van der Waals surface area contributed by atoms with E-state index in [0.717, 1.165) is 27.9 Å². The summed E-state index contributed by atoms with van der Waals surface area (Å²) in [5, 5.41) is 13.1. The lowest BCUT2D eigenvalue weighted by Gasteiger charge is -2.18. The van der Waals surface area contributed by atoms with E-state index in [2.05, 4.69) is 101 Å². The van der Waals surface area contributed by atoms with E-state index >= 15 is 0 Å². The zero-order valence-corrected chi connectivity index (χ0v) is 18.6. The maximum atomic E-state index is 7.47. The standard InChI is InChI=1S/C30H25N3/c1-20-25-18-21(12-14-28(25)32(2)27(20)16-17-31)22-13-15-30-26(19-22)24-10-6-7-11-29(24)33(30)23-8-4-3-5-9-23/h3-8,10-19,23,31H,1,9H2,2H3/b27-16+,31-17?. The second-order valence-corrected chi connectivity index (χ2v) is 8.72. The quantitative estimate of drug-likeness (QED) is 0.351. The smallest absolute Gasteiger partial charge is 0.0560 e. The highest BCUT2D eigenvalue weighted by Crippen LogP contribution is 2.36. The monoisotopic (exact) mass is 427 g/mol. The predicted molar refractivity (Wildman–Crippen MR) is 141 cm³/mol. The van der Waals surface area contributed by atoms with Crippen LogP contribution in [0.1, 0.15) is 12.5 Å². The van der Waals surface area contributed by atoms with E-state index < -0.39 is 0 Å². The number of fused-ring (bicyclic) bond motifs is 4. The summed E-state index contributed by atoms with van der Waals surface area (Å²) in [6, 6.07) is 22.5. The van der Waals surface area contributed by atoms with Crippen LogP contribution in [-0.4, -0.2) is 15.3 Å². The predicted octanol–water partition coefficient (Wildman–Crippen LogP) is 5.85. The summed E-state index contributed by atoms with van der Waals surface area (Å²) in [6.07, 6.45) is 13.0. The molecule has 2 heterocycles. The zero-order chi connectivity index (χ0) is 22.5. The molecule has 0 radical (unpaired) electrons. The Labute approximate surface area is 192 Å². The van der Waals surface area contributed by atoms with Gasteiger partial charge in [-0.2, -0.15) is 0 Å². The molecule has 33 heavy (non-hydrogen) atoms. The van der Waals surface area contributed by atoms with Crippen LogP contribution >= 0.6 is 0 Å². The van der Waals surface area contributed by atoms with Crippen molar-refractivity contribution in [3.8, 4) is 11.1 Å². The summed E-state index contributed by atoms with van der Waals surface area (Å²) in [4.78, 5) is 0. The number of hydrogen-bond donors (Lipinski definition) is 1. The normalized spacial score (nSPS) is 16.4. The number of aromatic nitrogens is 2. The van der Waals surface area contributed by atoms with E-state index in [-0.39, 0.29) is 0 Å². The molecule has 160 valence electrons. The van der Waals surface area contributed by atoms with E-state index in [0.29, 0.717) is 6.04 Å². The summed E-state index contributed by atoms with van der Waals surface area (Å²) >= 11 is 0. The van der Waals surface area contributed by atoms with Crippen LogP contribution in [0.15, 0.2) is 85.0 Å². The van der Waals surface area contributed by atoms with Crippen LogP contribution in [0.2, 0.25) is 0 Å². The van der Waals surface area contributed by atoms with E-state index in [9.17, 15) is 0 Å². The molecule has 3 aromatic carbocycles. The second-order valence-electron chi connectivity index (χ2n) is 8.72. The Morgan fingerprint density at radius 1 is 0.879 bits per heavy atom. The molecule has 0 amide bonds. The molecular formula is C30H25N3. The van der Waals surface area contributed by atoms with Crippen molar-refractivity contribution in [2.24, 2.45) is 7.05 Å². The van der Waals surface area contributed by atoms with Crippen molar-refractivity contribution in [1.29, 1.82) is 5.41 Å². The van der Waals surface area contributed by atoms with Gasteiger partial charge in [-0.25, -0.2) is 0 Å². The van der Waals surface area contributed by atoms with Gasteiger partial charge in [0.1, 0.15) is 0 Å². The molecule has 1 atom stereocenters. The molecule has 0 bridgehead atoms. The first kappa shape index (κ1) is 19.6. The van der Waals surface area contributed by atoms with Gasteiger partial charge >= 0.3 is 0 Å². The molecule has 0 saturated heterocycles. The Balaban J connectivity index is 1.58. The lowest BCUT2D eigenvalue weighted by atomic mass is 10.0. The molecule has 0 aliphatic heterocycles. The zero-order valence-electron chi connectivity index (χ0n) is 18.6. The lowest BCUT2D eigenvalue weighted by Crippen LogP contribution is -2.26. The van der Waals surface area contributed by atoms with Gasteiger partial charge in [-0.15, -0.1) is 0 Å². The van der Waals surface area contributed by atoms with Crippen molar-refractivity contribution in [3.63, 3.8) is 0 Å². The van der Waals surface area contributed by atoms with Gasteiger partial charge in [-0.3, -0.25) is 0 Å². The third-order valence-corrected chi connectivity index (χ3v) is 6.93. The molecule has 1 aliphatic rings. The number of para-hydroxylation sites is 1.